The van der Waals surface area contributed by atoms with E-state index in [0.29, 0.717) is 11.8 Å². The number of carboxylic acids is 1. The van der Waals surface area contributed by atoms with Crippen LogP contribution in [0.3, 0.4) is 0 Å². The van der Waals surface area contributed by atoms with Gasteiger partial charge in [0.1, 0.15) is 0 Å². The first-order valence-electron chi connectivity index (χ1n) is 10.1. The summed E-state index contributed by atoms with van der Waals surface area (Å²) in [6.45, 7) is 6.67. The molecule has 0 aromatic rings. The predicted octanol–water partition coefficient (Wildman–Crippen LogP) is 7.16. The van der Waals surface area contributed by atoms with Crippen LogP contribution in [0, 0.1) is 11.8 Å². The molecule has 2 atom stereocenters. The van der Waals surface area contributed by atoms with E-state index in [0.717, 1.165) is 12.8 Å². The Labute approximate surface area is 150 Å². The molecule has 0 saturated heterocycles. The molecule has 140 valence electrons. The van der Waals surface area contributed by atoms with Crippen LogP contribution in [-0.2, 0) is 4.79 Å². The van der Waals surface area contributed by atoms with Crippen molar-refractivity contribution < 1.29 is 9.90 Å². The molecule has 0 spiro atoms. The Morgan fingerprint density at radius 3 is 2.21 bits per heavy atom. The van der Waals surface area contributed by atoms with Crippen molar-refractivity contribution in [2.75, 3.05) is 0 Å². The van der Waals surface area contributed by atoms with Crippen LogP contribution in [-0.4, -0.2) is 11.1 Å². The highest BCUT2D eigenvalue weighted by Gasteiger charge is 2.04. The summed E-state index contributed by atoms with van der Waals surface area (Å²) in [5.74, 6) is 0.413. The molecule has 0 aromatic heterocycles. The van der Waals surface area contributed by atoms with Crippen molar-refractivity contribution >= 4 is 5.97 Å². The lowest BCUT2D eigenvalue weighted by atomic mass is 9.98. The first-order valence-corrected chi connectivity index (χ1v) is 10.1. The van der Waals surface area contributed by atoms with E-state index in [9.17, 15) is 4.79 Å². The number of hydrogen-bond acceptors (Lipinski definition) is 1. The van der Waals surface area contributed by atoms with Crippen LogP contribution >= 0.6 is 0 Å². The van der Waals surface area contributed by atoms with E-state index in [1.165, 1.54) is 57.8 Å². The SMILES string of the molecule is CCCCCCC=CCCCCC(C)C=CCC(C)CCC(=O)O. The summed E-state index contributed by atoms with van der Waals surface area (Å²) in [5.41, 5.74) is 0. The number of hydrogen-bond donors (Lipinski definition) is 1. The van der Waals surface area contributed by atoms with Crippen molar-refractivity contribution in [1.29, 1.82) is 0 Å². The Morgan fingerprint density at radius 1 is 0.917 bits per heavy atom. The van der Waals surface area contributed by atoms with Gasteiger partial charge < -0.3 is 5.11 Å². The molecule has 0 saturated carbocycles. The molecule has 0 aliphatic heterocycles. The Kier molecular flexibility index (Phi) is 16.1. The van der Waals surface area contributed by atoms with Gasteiger partial charge in [0, 0.05) is 6.42 Å². The maximum Gasteiger partial charge on any atom is 0.303 e. The molecule has 2 nitrogen and oxygen atoms in total. The van der Waals surface area contributed by atoms with Crippen LogP contribution in [0.1, 0.15) is 97.8 Å². The number of aliphatic carboxylic acids is 1. The molecule has 0 amide bonds. The van der Waals surface area contributed by atoms with Crippen molar-refractivity contribution in [3.63, 3.8) is 0 Å². The zero-order valence-corrected chi connectivity index (χ0v) is 16.3. The maximum atomic E-state index is 10.5. The summed E-state index contributed by atoms with van der Waals surface area (Å²) < 4.78 is 0. The lowest BCUT2D eigenvalue weighted by Crippen LogP contribution is -2.00. The highest BCUT2D eigenvalue weighted by molar-refractivity contribution is 5.66. The van der Waals surface area contributed by atoms with Gasteiger partial charge in [0.15, 0.2) is 0 Å². The van der Waals surface area contributed by atoms with E-state index in [-0.39, 0.29) is 6.42 Å². The zero-order valence-electron chi connectivity index (χ0n) is 16.3. The third kappa shape index (κ3) is 17.3. The molecule has 2 unspecified atom stereocenters. The second kappa shape index (κ2) is 16.8. The van der Waals surface area contributed by atoms with Gasteiger partial charge in [0.05, 0.1) is 0 Å². The second-order valence-corrected chi connectivity index (χ2v) is 7.28. The summed E-state index contributed by atoms with van der Waals surface area (Å²) in [6, 6.07) is 0. The molecule has 0 aliphatic carbocycles. The van der Waals surface area contributed by atoms with E-state index in [1.54, 1.807) is 0 Å². The topological polar surface area (TPSA) is 37.3 Å². The molecule has 24 heavy (non-hydrogen) atoms. The maximum absolute atomic E-state index is 10.5. The van der Waals surface area contributed by atoms with Gasteiger partial charge in [-0.2, -0.15) is 0 Å². The van der Waals surface area contributed by atoms with Gasteiger partial charge in [0.25, 0.3) is 0 Å². The smallest absolute Gasteiger partial charge is 0.303 e. The molecule has 0 bridgehead atoms. The molecular formula is C22H40O2. The monoisotopic (exact) mass is 336 g/mol. The Balaban J connectivity index is 3.51. The number of rotatable bonds is 16. The van der Waals surface area contributed by atoms with Crippen molar-refractivity contribution in [3.8, 4) is 0 Å². The van der Waals surface area contributed by atoms with Gasteiger partial charge in [-0.1, -0.05) is 70.8 Å². The van der Waals surface area contributed by atoms with Gasteiger partial charge in [-0.05, 0) is 56.8 Å². The highest BCUT2D eigenvalue weighted by atomic mass is 16.4. The molecule has 0 rings (SSSR count). The summed E-state index contributed by atoms with van der Waals surface area (Å²) in [4.78, 5) is 10.5. The van der Waals surface area contributed by atoms with Crippen LogP contribution in [0.15, 0.2) is 24.3 Å². The second-order valence-electron chi connectivity index (χ2n) is 7.28. The molecule has 0 heterocycles. The largest absolute Gasteiger partial charge is 0.481 e. The molecule has 0 aromatic carbocycles. The van der Waals surface area contributed by atoms with Crippen LogP contribution in [0.2, 0.25) is 0 Å². The first-order chi connectivity index (χ1) is 11.6. The summed E-state index contributed by atoms with van der Waals surface area (Å²) >= 11 is 0. The van der Waals surface area contributed by atoms with Gasteiger partial charge in [0.2, 0.25) is 0 Å². The standard InChI is InChI=1S/C22H40O2/c1-4-5-6-7-8-9-10-11-12-13-15-20(2)16-14-17-21(3)18-19-22(23)24/h9-10,14,16,20-21H,4-8,11-13,15,17-19H2,1-3H3,(H,23,24). The van der Waals surface area contributed by atoms with Crippen molar-refractivity contribution in [2.24, 2.45) is 11.8 Å². The van der Waals surface area contributed by atoms with Gasteiger partial charge in [-0.15, -0.1) is 0 Å². The van der Waals surface area contributed by atoms with E-state index in [2.05, 4.69) is 45.1 Å². The summed E-state index contributed by atoms with van der Waals surface area (Å²) in [5, 5.41) is 8.68. The Hall–Kier alpha value is -1.05. The number of allylic oxidation sites excluding steroid dienone is 4. The fourth-order valence-corrected chi connectivity index (χ4v) is 2.78. The lowest BCUT2D eigenvalue weighted by molar-refractivity contribution is -0.137. The highest BCUT2D eigenvalue weighted by Crippen LogP contribution is 2.15. The minimum atomic E-state index is -0.686. The molecule has 0 aliphatic rings. The molecule has 1 N–H and O–H groups in total. The minimum absolute atomic E-state index is 0.288. The van der Waals surface area contributed by atoms with Crippen LogP contribution in [0.5, 0.6) is 0 Å². The van der Waals surface area contributed by atoms with Crippen LogP contribution in [0.25, 0.3) is 0 Å². The lowest BCUT2D eigenvalue weighted by Gasteiger charge is -2.08. The van der Waals surface area contributed by atoms with E-state index < -0.39 is 5.97 Å². The third-order valence-corrected chi connectivity index (χ3v) is 4.53. The van der Waals surface area contributed by atoms with Crippen LogP contribution < -0.4 is 0 Å². The minimum Gasteiger partial charge on any atom is -0.481 e. The van der Waals surface area contributed by atoms with Crippen LogP contribution in [0.4, 0.5) is 0 Å². The molecular weight excluding hydrogens is 296 g/mol. The molecule has 0 fully saturated rings. The summed E-state index contributed by atoms with van der Waals surface area (Å²) in [7, 11) is 0. The average molecular weight is 337 g/mol. The van der Waals surface area contributed by atoms with Gasteiger partial charge >= 0.3 is 5.97 Å². The van der Waals surface area contributed by atoms with Crippen molar-refractivity contribution in [2.45, 2.75) is 97.8 Å². The zero-order chi connectivity index (χ0) is 18.0. The average Bonchev–Trinajstić information content (AvgIpc) is 2.54. The predicted molar refractivity (Wildman–Crippen MR) is 105 cm³/mol. The fourth-order valence-electron chi connectivity index (χ4n) is 2.78. The normalized spacial score (nSPS) is 14.5. The van der Waals surface area contributed by atoms with Gasteiger partial charge in [-0.25, -0.2) is 0 Å². The Bertz CT molecular complexity index is 344. The number of carboxylic acid groups (broad SMARTS) is 1. The van der Waals surface area contributed by atoms with E-state index in [1.807, 2.05) is 0 Å². The Morgan fingerprint density at radius 2 is 1.58 bits per heavy atom. The van der Waals surface area contributed by atoms with Crippen molar-refractivity contribution in [1.82, 2.24) is 0 Å². The van der Waals surface area contributed by atoms with E-state index >= 15 is 0 Å². The molecule has 2 heteroatoms. The fraction of sp³-hybridized carbons (Fsp3) is 0.773. The van der Waals surface area contributed by atoms with Crippen molar-refractivity contribution in [3.05, 3.63) is 24.3 Å². The summed E-state index contributed by atoms with van der Waals surface area (Å²) in [6.07, 6.45) is 23.0. The quantitative estimate of drug-likeness (QED) is 0.240. The van der Waals surface area contributed by atoms with Gasteiger partial charge in [-0.3, -0.25) is 4.79 Å². The van der Waals surface area contributed by atoms with E-state index in [4.69, 9.17) is 5.11 Å². The first kappa shape index (κ1) is 22.9. The number of carbonyl (C=O) groups is 1. The molecule has 0 radical (unpaired) electrons. The third-order valence-electron chi connectivity index (χ3n) is 4.53. The number of unbranched alkanes of at least 4 members (excludes halogenated alkanes) is 6.